The molecular formula is C13H20N2O3S. The summed E-state index contributed by atoms with van der Waals surface area (Å²) in [5.74, 6) is 0.629. The lowest BCUT2D eigenvalue weighted by Gasteiger charge is -2.09. The van der Waals surface area contributed by atoms with E-state index in [1.165, 1.54) is 0 Å². The van der Waals surface area contributed by atoms with E-state index < -0.39 is 10.0 Å². The third-order valence-corrected chi connectivity index (χ3v) is 4.23. The summed E-state index contributed by atoms with van der Waals surface area (Å²) >= 11 is 0. The first-order valence-corrected chi connectivity index (χ1v) is 8.00. The van der Waals surface area contributed by atoms with Crippen molar-refractivity contribution in [2.45, 2.75) is 17.7 Å². The molecule has 3 N–H and O–H groups in total. The zero-order chi connectivity index (χ0) is 13.7. The Bertz CT molecular complexity index is 493. The summed E-state index contributed by atoms with van der Waals surface area (Å²) in [5.41, 5.74) is 1.10. The zero-order valence-corrected chi connectivity index (χ0v) is 11.7. The van der Waals surface area contributed by atoms with Crippen LogP contribution in [0, 0.1) is 5.92 Å². The van der Waals surface area contributed by atoms with Gasteiger partial charge in [-0.05, 0) is 43.0 Å². The molecule has 6 heteroatoms. The average molecular weight is 284 g/mol. The van der Waals surface area contributed by atoms with Gasteiger partial charge in [0.25, 0.3) is 0 Å². The number of nitrogens with two attached hydrogens (primary N) is 1. The Labute approximate surface area is 114 Å². The highest BCUT2D eigenvalue weighted by atomic mass is 32.2. The minimum Gasteiger partial charge on any atom is -0.381 e. The van der Waals surface area contributed by atoms with E-state index in [0.29, 0.717) is 5.92 Å². The molecule has 2 rings (SSSR count). The van der Waals surface area contributed by atoms with Crippen LogP contribution < -0.4 is 10.5 Å². The van der Waals surface area contributed by atoms with E-state index in [4.69, 9.17) is 9.88 Å². The average Bonchev–Trinajstić information content (AvgIpc) is 2.87. The van der Waals surface area contributed by atoms with Crippen molar-refractivity contribution >= 4 is 10.0 Å². The molecule has 0 amide bonds. The van der Waals surface area contributed by atoms with Crippen molar-refractivity contribution in [3.63, 3.8) is 0 Å². The SMILES string of the molecule is NS(=O)(=O)c1ccc(CCNCC2CCOC2)cc1. The number of sulfonamides is 1. The summed E-state index contributed by atoms with van der Waals surface area (Å²) in [4.78, 5) is 0.160. The third-order valence-electron chi connectivity index (χ3n) is 3.30. The third kappa shape index (κ3) is 4.58. The molecule has 0 radical (unpaired) electrons. The Morgan fingerprint density at radius 2 is 2.05 bits per heavy atom. The molecule has 0 spiro atoms. The fourth-order valence-electron chi connectivity index (χ4n) is 2.13. The van der Waals surface area contributed by atoms with Crippen LogP contribution in [0.2, 0.25) is 0 Å². The molecule has 1 heterocycles. The Kier molecular flexibility index (Phi) is 4.93. The van der Waals surface area contributed by atoms with E-state index >= 15 is 0 Å². The summed E-state index contributed by atoms with van der Waals surface area (Å²) in [6, 6.07) is 6.71. The molecule has 1 aliphatic heterocycles. The molecule has 1 saturated heterocycles. The number of hydrogen-bond donors (Lipinski definition) is 2. The Morgan fingerprint density at radius 1 is 1.32 bits per heavy atom. The summed E-state index contributed by atoms with van der Waals surface area (Å²) in [7, 11) is -3.59. The molecule has 1 aliphatic rings. The predicted octanol–water partition coefficient (Wildman–Crippen LogP) is 0.503. The molecular weight excluding hydrogens is 264 g/mol. The lowest BCUT2D eigenvalue weighted by atomic mass is 10.1. The Hall–Kier alpha value is -0.950. The lowest BCUT2D eigenvalue weighted by Crippen LogP contribution is -2.25. The van der Waals surface area contributed by atoms with Crippen LogP contribution in [0.5, 0.6) is 0 Å². The topological polar surface area (TPSA) is 81.4 Å². The Balaban J connectivity index is 1.74. The van der Waals surface area contributed by atoms with Crippen LogP contribution in [0.3, 0.4) is 0 Å². The first-order valence-electron chi connectivity index (χ1n) is 6.46. The highest BCUT2D eigenvalue weighted by molar-refractivity contribution is 7.89. The van der Waals surface area contributed by atoms with Gasteiger partial charge in [-0.25, -0.2) is 13.6 Å². The molecule has 0 aromatic heterocycles. The minimum absolute atomic E-state index is 0.160. The second-order valence-corrected chi connectivity index (χ2v) is 6.43. The van der Waals surface area contributed by atoms with Crippen LogP contribution >= 0.6 is 0 Å². The summed E-state index contributed by atoms with van der Waals surface area (Å²) < 4.78 is 27.5. The van der Waals surface area contributed by atoms with Crippen molar-refractivity contribution in [3.05, 3.63) is 29.8 Å². The molecule has 0 aliphatic carbocycles. The zero-order valence-electron chi connectivity index (χ0n) is 10.8. The molecule has 1 aromatic rings. The van der Waals surface area contributed by atoms with Gasteiger partial charge in [0, 0.05) is 13.2 Å². The highest BCUT2D eigenvalue weighted by Gasteiger charge is 2.14. The van der Waals surface area contributed by atoms with Gasteiger partial charge in [0.05, 0.1) is 11.5 Å². The van der Waals surface area contributed by atoms with Gasteiger partial charge in [-0.15, -0.1) is 0 Å². The van der Waals surface area contributed by atoms with Crippen LogP contribution in [-0.4, -0.2) is 34.7 Å². The molecule has 0 bridgehead atoms. The molecule has 1 aromatic carbocycles. The largest absolute Gasteiger partial charge is 0.381 e. The quantitative estimate of drug-likeness (QED) is 0.746. The monoisotopic (exact) mass is 284 g/mol. The van der Waals surface area contributed by atoms with Gasteiger partial charge < -0.3 is 10.1 Å². The predicted molar refractivity (Wildman–Crippen MR) is 73.3 cm³/mol. The van der Waals surface area contributed by atoms with Crippen molar-refractivity contribution in [2.75, 3.05) is 26.3 Å². The first kappa shape index (κ1) is 14.5. The van der Waals surface area contributed by atoms with Crippen molar-refractivity contribution in [1.82, 2.24) is 5.32 Å². The van der Waals surface area contributed by atoms with Crippen LogP contribution in [0.25, 0.3) is 0 Å². The fraction of sp³-hybridized carbons (Fsp3) is 0.538. The van der Waals surface area contributed by atoms with Gasteiger partial charge in [0.2, 0.25) is 10.0 Å². The second-order valence-electron chi connectivity index (χ2n) is 4.87. The molecule has 106 valence electrons. The first-order chi connectivity index (χ1) is 9.05. The van der Waals surface area contributed by atoms with E-state index in [9.17, 15) is 8.42 Å². The van der Waals surface area contributed by atoms with Gasteiger partial charge in [-0.3, -0.25) is 0 Å². The lowest BCUT2D eigenvalue weighted by molar-refractivity contribution is 0.185. The van der Waals surface area contributed by atoms with Crippen LogP contribution in [-0.2, 0) is 21.2 Å². The maximum Gasteiger partial charge on any atom is 0.238 e. The van der Waals surface area contributed by atoms with E-state index in [1.54, 1.807) is 24.3 Å². The van der Waals surface area contributed by atoms with Crippen LogP contribution in [0.4, 0.5) is 0 Å². The number of benzene rings is 1. The van der Waals surface area contributed by atoms with Crippen molar-refractivity contribution in [2.24, 2.45) is 11.1 Å². The van der Waals surface area contributed by atoms with Gasteiger partial charge in [0.15, 0.2) is 0 Å². The van der Waals surface area contributed by atoms with Gasteiger partial charge in [-0.1, -0.05) is 12.1 Å². The normalized spacial score (nSPS) is 19.7. The van der Waals surface area contributed by atoms with Crippen molar-refractivity contribution in [3.8, 4) is 0 Å². The number of ether oxygens (including phenoxy) is 1. The van der Waals surface area contributed by atoms with Crippen LogP contribution in [0.15, 0.2) is 29.2 Å². The highest BCUT2D eigenvalue weighted by Crippen LogP contribution is 2.11. The maximum absolute atomic E-state index is 11.1. The summed E-state index contributed by atoms with van der Waals surface area (Å²) in [6.07, 6.45) is 2.01. The van der Waals surface area contributed by atoms with Crippen molar-refractivity contribution in [1.29, 1.82) is 0 Å². The van der Waals surface area contributed by atoms with Crippen molar-refractivity contribution < 1.29 is 13.2 Å². The van der Waals surface area contributed by atoms with Gasteiger partial charge in [0.1, 0.15) is 0 Å². The Morgan fingerprint density at radius 3 is 2.63 bits per heavy atom. The van der Waals surface area contributed by atoms with Gasteiger partial charge >= 0.3 is 0 Å². The molecule has 0 saturated carbocycles. The standard InChI is InChI=1S/C13H20N2O3S/c14-19(16,17)13-3-1-11(2-4-13)5-7-15-9-12-6-8-18-10-12/h1-4,12,15H,5-10H2,(H2,14,16,17). The second kappa shape index (κ2) is 6.47. The van der Waals surface area contributed by atoms with E-state index in [0.717, 1.165) is 44.7 Å². The summed E-state index contributed by atoms with van der Waals surface area (Å²) in [6.45, 7) is 3.60. The van der Waals surface area contributed by atoms with Crippen LogP contribution in [0.1, 0.15) is 12.0 Å². The molecule has 19 heavy (non-hydrogen) atoms. The molecule has 5 nitrogen and oxygen atoms in total. The smallest absolute Gasteiger partial charge is 0.238 e. The van der Waals surface area contributed by atoms with E-state index in [-0.39, 0.29) is 4.90 Å². The summed E-state index contributed by atoms with van der Waals surface area (Å²) in [5, 5.41) is 8.44. The molecule has 1 fully saturated rings. The van der Waals surface area contributed by atoms with Gasteiger partial charge in [-0.2, -0.15) is 0 Å². The number of hydrogen-bond acceptors (Lipinski definition) is 4. The van der Waals surface area contributed by atoms with E-state index in [1.807, 2.05) is 0 Å². The minimum atomic E-state index is -3.59. The number of nitrogens with one attached hydrogen (secondary N) is 1. The molecule has 1 unspecified atom stereocenters. The number of rotatable bonds is 6. The fourth-order valence-corrected chi connectivity index (χ4v) is 2.64. The maximum atomic E-state index is 11.1. The molecule has 1 atom stereocenters. The van der Waals surface area contributed by atoms with E-state index in [2.05, 4.69) is 5.32 Å². The number of primary sulfonamides is 1.